The SMILES string of the molecule is C[C@@H](N[P@@](=S)(OC[C@H]1O[C@@H](n2cnc3c(N(C)C)nc(N)nc32)[C@](C)(F)[C@@H]1O)Oc1cccc2ccccc12)C(=O)OCC(C)(C)C. The highest BCUT2D eigenvalue weighted by Gasteiger charge is 2.56. The first-order valence-electron chi connectivity index (χ1n) is 15.1. The number of hydrogen-bond donors (Lipinski definition) is 3. The van der Waals surface area contributed by atoms with Gasteiger partial charge in [0, 0.05) is 19.5 Å². The third-order valence-corrected chi connectivity index (χ3v) is 10.0. The van der Waals surface area contributed by atoms with E-state index in [0.29, 0.717) is 17.1 Å². The fraction of sp³-hybridized carbons (Fsp3) is 0.484. The Bertz CT molecular complexity index is 1810. The number of nitrogens with one attached hydrogen (secondary N) is 1. The van der Waals surface area contributed by atoms with Crippen LogP contribution < -0.4 is 20.2 Å². The molecule has 3 heterocycles. The van der Waals surface area contributed by atoms with E-state index in [1.165, 1.54) is 17.8 Å². The van der Waals surface area contributed by atoms with Crippen LogP contribution in [-0.4, -0.2) is 81.8 Å². The lowest BCUT2D eigenvalue weighted by Crippen LogP contribution is -2.41. The Kier molecular flexibility index (Phi) is 9.80. The number of imidazole rings is 1. The van der Waals surface area contributed by atoms with Crippen molar-refractivity contribution >= 4 is 58.1 Å². The molecule has 5 rings (SSSR count). The number of halogens is 1. The summed E-state index contributed by atoms with van der Waals surface area (Å²) < 4.78 is 41.8. The van der Waals surface area contributed by atoms with Crippen molar-refractivity contribution < 1.29 is 32.8 Å². The Morgan fingerprint density at radius 2 is 1.96 bits per heavy atom. The molecule has 6 atom stereocenters. The Labute approximate surface area is 277 Å². The normalized spacial score (nSPS) is 23.5. The van der Waals surface area contributed by atoms with Crippen LogP contribution in [0.1, 0.15) is 40.8 Å². The number of aliphatic hydroxyl groups is 1. The number of carbonyl (C=O) groups is 1. The van der Waals surface area contributed by atoms with Gasteiger partial charge in [-0.1, -0.05) is 57.2 Å². The lowest BCUT2D eigenvalue weighted by molar-refractivity contribution is -0.148. The summed E-state index contributed by atoms with van der Waals surface area (Å²) in [4.78, 5) is 27.5. The van der Waals surface area contributed by atoms with Crippen molar-refractivity contribution in [2.45, 2.75) is 64.8 Å². The third kappa shape index (κ3) is 7.50. The number of alkyl halides is 1. The molecule has 1 fully saturated rings. The van der Waals surface area contributed by atoms with Crippen LogP contribution >= 0.6 is 6.64 Å². The number of benzene rings is 2. The van der Waals surface area contributed by atoms with Gasteiger partial charge in [-0.2, -0.15) is 9.97 Å². The highest BCUT2D eigenvalue weighted by Crippen LogP contribution is 2.49. The van der Waals surface area contributed by atoms with E-state index in [1.807, 2.05) is 57.2 Å². The van der Waals surface area contributed by atoms with Crippen molar-refractivity contribution in [3.63, 3.8) is 0 Å². The molecule has 1 saturated heterocycles. The number of esters is 1. The predicted octanol–water partition coefficient (Wildman–Crippen LogP) is 4.50. The molecule has 2 aromatic heterocycles. The number of nitrogen functional groups attached to an aromatic ring is 1. The number of fused-ring (bicyclic) bond motifs is 2. The fourth-order valence-corrected chi connectivity index (χ4v) is 7.54. The number of anilines is 2. The first-order valence-corrected chi connectivity index (χ1v) is 17.7. The molecule has 16 heteroatoms. The largest absolute Gasteiger partial charge is 0.464 e. The highest BCUT2D eigenvalue weighted by atomic mass is 32.5. The molecule has 254 valence electrons. The number of aliphatic hydroxyl groups excluding tert-OH is 1. The molecule has 2 aromatic carbocycles. The summed E-state index contributed by atoms with van der Waals surface area (Å²) in [6.45, 7) is 4.91. The molecule has 4 aromatic rings. The van der Waals surface area contributed by atoms with Crippen molar-refractivity contribution in [1.82, 2.24) is 24.6 Å². The zero-order valence-corrected chi connectivity index (χ0v) is 29.1. The van der Waals surface area contributed by atoms with E-state index in [1.54, 1.807) is 32.0 Å². The van der Waals surface area contributed by atoms with Gasteiger partial charge in [-0.3, -0.25) is 9.36 Å². The minimum absolute atomic E-state index is 0.0329. The van der Waals surface area contributed by atoms with Crippen LogP contribution in [0.4, 0.5) is 16.2 Å². The summed E-state index contributed by atoms with van der Waals surface area (Å²) in [5.41, 5.74) is 4.01. The summed E-state index contributed by atoms with van der Waals surface area (Å²) in [5, 5.41) is 15.9. The molecular formula is C31H41FN7O6PS. The Morgan fingerprint density at radius 3 is 2.66 bits per heavy atom. The van der Waals surface area contributed by atoms with Gasteiger partial charge in [-0.15, -0.1) is 0 Å². The molecule has 47 heavy (non-hydrogen) atoms. The molecule has 0 saturated carbocycles. The van der Waals surface area contributed by atoms with Gasteiger partial charge in [0.05, 0.1) is 19.5 Å². The van der Waals surface area contributed by atoms with E-state index in [0.717, 1.165) is 10.8 Å². The van der Waals surface area contributed by atoms with Crippen molar-refractivity contribution in [2.75, 3.05) is 37.9 Å². The molecule has 13 nitrogen and oxygen atoms in total. The molecule has 0 aliphatic carbocycles. The number of nitrogens with two attached hydrogens (primary N) is 1. The van der Waals surface area contributed by atoms with Gasteiger partial charge in [0.1, 0.15) is 24.0 Å². The number of rotatable bonds is 11. The molecule has 0 spiro atoms. The van der Waals surface area contributed by atoms with E-state index in [4.69, 9.17) is 36.1 Å². The number of carbonyl (C=O) groups excluding carboxylic acids is 1. The van der Waals surface area contributed by atoms with Crippen LogP contribution in [0.15, 0.2) is 48.8 Å². The van der Waals surface area contributed by atoms with E-state index < -0.39 is 42.8 Å². The van der Waals surface area contributed by atoms with Gasteiger partial charge in [0.25, 0.3) is 0 Å². The Morgan fingerprint density at radius 1 is 1.26 bits per heavy atom. The second kappa shape index (κ2) is 13.2. The van der Waals surface area contributed by atoms with Gasteiger partial charge in [-0.25, -0.2) is 14.5 Å². The maximum atomic E-state index is 16.3. The monoisotopic (exact) mass is 689 g/mol. The Hall–Kier alpha value is -3.46. The van der Waals surface area contributed by atoms with Crippen LogP contribution in [0, 0.1) is 5.41 Å². The second-order valence-corrected chi connectivity index (χ2v) is 16.3. The summed E-state index contributed by atoms with van der Waals surface area (Å²) in [6, 6.07) is 12.1. The zero-order valence-electron chi connectivity index (χ0n) is 27.4. The standard InChI is InChI=1S/C31H41FN7O6PS/c1-18(27(41)42-16-30(2,3)4)37-46(47,45-21-14-10-12-19-11-8-9-13-20(19)21)43-15-22-24(40)31(5,32)28(44-22)39-17-34-23-25(38(6)7)35-29(33)36-26(23)39/h8-14,17-18,22,24,28,40H,15-16H2,1-7H3,(H,37,47)(H2,33,35,36)/t18-,22-,24-,28-,31-,46-/m1/s1. The van der Waals surface area contributed by atoms with Gasteiger partial charge >= 0.3 is 12.6 Å². The average molecular weight is 690 g/mol. The number of nitrogens with zero attached hydrogens (tertiary/aromatic N) is 5. The summed E-state index contributed by atoms with van der Waals surface area (Å²) in [7, 11) is 3.54. The summed E-state index contributed by atoms with van der Waals surface area (Å²) in [6.07, 6.45) is -2.82. The van der Waals surface area contributed by atoms with Crippen LogP contribution in [-0.2, 0) is 30.6 Å². The van der Waals surface area contributed by atoms with Crippen molar-refractivity contribution in [1.29, 1.82) is 0 Å². The minimum Gasteiger partial charge on any atom is -0.464 e. The zero-order chi connectivity index (χ0) is 34.3. The number of aromatic nitrogens is 4. The smallest absolute Gasteiger partial charge is 0.323 e. The van der Waals surface area contributed by atoms with Gasteiger partial charge in [0.15, 0.2) is 28.9 Å². The number of ether oxygens (including phenoxy) is 2. The fourth-order valence-electron chi connectivity index (χ4n) is 5.12. The van der Waals surface area contributed by atoms with Crippen LogP contribution in [0.5, 0.6) is 5.75 Å². The average Bonchev–Trinajstić information content (AvgIpc) is 3.51. The van der Waals surface area contributed by atoms with Crippen LogP contribution in [0.2, 0.25) is 0 Å². The first kappa shape index (κ1) is 34.9. The molecule has 1 aliphatic rings. The van der Waals surface area contributed by atoms with Crippen molar-refractivity contribution in [3.8, 4) is 5.75 Å². The highest BCUT2D eigenvalue weighted by molar-refractivity contribution is 8.09. The van der Waals surface area contributed by atoms with Gasteiger partial charge in [-0.05, 0) is 42.5 Å². The van der Waals surface area contributed by atoms with Gasteiger partial charge in [0.2, 0.25) is 5.95 Å². The molecule has 0 radical (unpaired) electrons. The third-order valence-electron chi connectivity index (χ3n) is 7.54. The van der Waals surface area contributed by atoms with E-state index in [2.05, 4.69) is 20.0 Å². The molecule has 1 aliphatic heterocycles. The molecular weight excluding hydrogens is 648 g/mol. The van der Waals surface area contributed by atoms with Crippen LogP contribution in [0.25, 0.3) is 21.9 Å². The second-order valence-electron chi connectivity index (χ2n) is 13.1. The number of hydrogen-bond acceptors (Lipinski definition) is 12. The van der Waals surface area contributed by atoms with E-state index in [-0.39, 0.29) is 30.2 Å². The molecule has 0 bridgehead atoms. The maximum absolute atomic E-state index is 16.3. The Balaban J connectivity index is 1.41. The van der Waals surface area contributed by atoms with Gasteiger partial charge < -0.3 is 34.3 Å². The van der Waals surface area contributed by atoms with E-state index >= 15 is 4.39 Å². The summed E-state index contributed by atoms with van der Waals surface area (Å²) >= 11 is 5.92. The quantitative estimate of drug-likeness (QED) is 0.149. The summed E-state index contributed by atoms with van der Waals surface area (Å²) in [5.74, 6) is 0.291. The predicted molar refractivity (Wildman–Crippen MR) is 181 cm³/mol. The van der Waals surface area contributed by atoms with Crippen molar-refractivity contribution in [2.24, 2.45) is 5.41 Å². The maximum Gasteiger partial charge on any atom is 0.323 e. The molecule has 4 N–H and O–H groups in total. The first-order chi connectivity index (χ1) is 22.0. The minimum atomic E-state index is -3.58. The van der Waals surface area contributed by atoms with Crippen LogP contribution in [0.3, 0.4) is 0 Å². The lowest BCUT2D eigenvalue weighted by atomic mass is 9.98. The van der Waals surface area contributed by atoms with E-state index in [9.17, 15) is 9.90 Å². The molecule has 0 amide bonds. The topological polar surface area (TPSA) is 159 Å². The van der Waals surface area contributed by atoms with Crippen molar-refractivity contribution in [3.05, 3.63) is 48.8 Å². The molecule has 0 unspecified atom stereocenters. The lowest BCUT2D eigenvalue weighted by Gasteiger charge is -2.29.